The standard InChI is InChI=1S/C12H24OSi2/c1-7-14(8-2,9-3)13-15(10-4,11-5)12-6/h7-8,10H,1-2,4,9,11-12H2,3,5-6H3. The van der Waals surface area contributed by atoms with Crippen molar-refractivity contribution in [3.05, 3.63) is 36.8 Å². The Hall–Kier alpha value is -0.386. The van der Waals surface area contributed by atoms with E-state index < -0.39 is 16.6 Å². The third-order valence-electron chi connectivity index (χ3n) is 3.21. The molecule has 0 aromatic heterocycles. The maximum atomic E-state index is 6.44. The van der Waals surface area contributed by atoms with E-state index in [1.807, 2.05) is 11.4 Å². The molecule has 0 aliphatic heterocycles. The predicted octanol–water partition coefficient (Wildman–Crippen LogP) is 4.13. The molecule has 0 aromatic rings. The average Bonchev–Trinajstić information content (AvgIpc) is 2.33. The van der Waals surface area contributed by atoms with Crippen LogP contribution < -0.4 is 0 Å². The molecule has 0 radical (unpaired) electrons. The molecule has 0 heterocycles. The van der Waals surface area contributed by atoms with Gasteiger partial charge in [0.05, 0.1) is 0 Å². The summed E-state index contributed by atoms with van der Waals surface area (Å²) in [5.74, 6) is 0. The lowest BCUT2D eigenvalue weighted by molar-refractivity contribution is 0.551. The lowest BCUT2D eigenvalue weighted by Gasteiger charge is -2.35. The lowest BCUT2D eigenvalue weighted by atomic mass is 10.9. The largest absolute Gasteiger partial charge is 0.446 e. The molecular weight excluding hydrogens is 216 g/mol. The summed E-state index contributed by atoms with van der Waals surface area (Å²) in [5.41, 5.74) is 6.06. The van der Waals surface area contributed by atoms with E-state index in [4.69, 9.17) is 4.12 Å². The molecule has 0 N–H and O–H groups in total. The van der Waals surface area contributed by atoms with Crippen molar-refractivity contribution >= 4 is 16.6 Å². The first-order valence-corrected chi connectivity index (χ1v) is 10.4. The van der Waals surface area contributed by atoms with E-state index in [1.165, 1.54) is 0 Å². The summed E-state index contributed by atoms with van der Waals surface area (Å²) in [5, 5.41) is 0. The summed E-state index contributed by atoms with van der Waals surface area (Å²) in [6, 6.07) is 3.19. The van der Waals surface area contributed by atoms with Crippen LogP contribution in [0, 0.1) is 0 Å². The summed E-state index contributed by atoms with van der Waals surface area (Å²) in [7, 11) is -3.63. The maximum Gasteiger partial charge on any atom is 0.229 e. The summed E-state index contributed by atoms with van der Waals surface area (Å²) >= 11 is 0. The van der Waals surface area contributed by atoms with E-state index in [-0.39, 0.29) is 0 Å². The Bertz CT molecular complexity index is 224. The molecule has 0 rings (SSSR count). The minimum Gasteiger partial charge on any atom is -0.446 e. The van der Waals surface area contributed by atoms with Crippen LogP contribution in [0.4, 0.5) is 0 Å². The van der Waals surface area contributed by atoms with Gasteiger partial charge in [0.2, 0.25) is 16.6 Å². The zero-order valence-corrected chi connectivity index (χ0v) is 12.4. The molecule has 3 heteroatoms. The van der Waals surface area contributed by atoms with Crippen LogP contribution in [0.2, 0.25) is 18.1 Å². The quantitative estimate of drug-likeness (QED) is 0.580. The van der Waals surface area contributed by atoms with E-state index in [9.17, 15) is 0 Å². The van der Waals surface area contributed by atoms with E-state index in [0.29, 0.717) is 0 Å². The molecule has 0 unspecified atom stereocenters. The second kappa shape index (κ2) is 6.25. The van der Waals surface area contributed by atoms with Crippen molar-refractivity contribution in [2.24, 2.45) is 0 Å². The van der Waals surface area contributed by atoms with Gasteiger partial charge < -0.3 is 4.12 Å². The van der Waals surface area contributed by atoms with Crippen LogP contribution in [-0.2, 0) is 4.12 Å². The van der Waals surface area contributed by atoms with Crippen molar-refractivity contribution in [1.82, 2.24) is 0 Å². The Balaban J connectivity index is 4.98. The fraction of sp³-hybridized carbons (Fsp3) is 0.500. The van der Waals surface area contributed by atoms with Crippen LogP contribution in [0.5, 0.6) is 0 Å². The molecule has 0 saturated carbocycles. The zero-order chi connectivity index (χ0) is 11.9. The van der Waals surface area contributed by atoms with E-state index in [1.54, 1.807) is 0 Å². The molecule has 0 aliphatic carbocycles. The Labute approximate surface area is 96.8 Å². The van der Waals surface area contributed by atoms with Crippen molar-refractivity contribution < 1.29 is 4.12 Å². The third kappa shape index (κ3) is 3.29. The highest BCUT2D eigenvalue weighted by atomic mass is 28.4. The second-order valence-corrected chi connectivity index (χ2v) is 12.0. The highest BCUT2D eigenvalue weighted by Crippen LogP contribution is 2.26. The van der Waals surface area contributed by atoms with Crippen LogP contribution in [0.1, 0.15) is 20.8 Å². The van der Waals surface area contributed by atoms with Gasteiger partial charge in [0.25, 0.3) is 0 Å². The maximum absolute atomic E-state index is 6.44. The minimum absolute atomic E-state index is 1.02. The molecule has 86 valence electrons. The van der Waals surface area contributed by atoms with Crippen LogP contribution >= 0.6 is 0 Å². The van der Waals surface area contributed by atoms with Gasteiger partial charge in [-0.05, 0) is 18.1 Å². The van der Waals surface area contributed by atoms with E-state index in [0.717, 1.165) is 18.1 Å². The van der Waals surface area contributed by atoms with Crippen molar-refractivity contribution in [3.63, 3.8) is 0 Å². The van der Waals surface area contributed by atoms with Gasteiger partial charge >= 0.3 is 0 Å². The third-order valence-corrected chi connectivity index (χ3v) is 12.0. The molecular formula is C12H24OSi2. The van der Waals surface area contributed by atoms with E-state index >= 15 is 0 Å². The molecule has 0 atom stereocenters. The highest BCUT2D eigenvalue weighted by molar-refractivity contribution is 6.94. The highest BCUT2D eigenvalue weighted by Gasteiger charge is 2.37. The first kappa shape index (κ1) is 14.6. The second-order valence-electron chi connectivity index (χ2n) is 3.79. The first-order chi connectivity index (χ1) is 7.07. The fourth-order valence-corrected chi connectivity index (χ4v) is 9.21. The number of rotatable bonds is 8. The van der Waals surface area contributed by atoms with Crippen molar-refractivity contribution in [3.8, 4) is 0 Å². The topological polar surface area (TPSA) is 9.23 Å². The molecule has 15 heavy (non-hydrogen) atoms. The Kier molecular flexibility index (Phi) is 6.09. The van der Waals surface area contributed by atoms with Gasteiger partial charge in [-0.2, -0.15) is 0 Å². The summed E-state index contributed by atoms with van der Waals surface area (Å²) in [4.78, 5) is 0. The Morgan fingerprint density at radius 2 is 1.33 bits per heavy atom. The molecule has 0 aliphatic rings. The molecule has 0 aromatic carbocycles. The Morgan fingerprint density at radius 3 is 1.53 bits per heavy atom. The summed E-state index contributed by atoms with van der Waals surface area (Å²) in [6.45, 7) is 18.3. The summed E-state index contributed by atoms with van der Waals surface area (Å²) < 4.78 is 6.44. The van der Waals surface area contributed by atoms with Crippen LogP contribution in [0.3, 0.4) is 0 Å². The first-order valence-electron chi connectivity index (χ1n) is 5.68. The van der Waals surface area contributed by atoms with Gasteiger partial charge in [0.15, 0.2) is 0 Å². The van der Waals surface area contributed by atoms with Gasteiger partial charge in [0.1, 0.15) is 0 Å². The van der Waals surface area contributed by atoms with Crippen LogP contribution in [-0.4, -0.2) is 16.6 Å². The molecule has 0 amide bonds. The summed E-state index contributed by atoms with van der Waals surface area (Å²) in [6.07, 6.45) is 0. The number of hydrogen-bond acceptors (Lipinski definition) is 1. The zero-order valence-electron chi connectivity index (χ0n) is 10.4. The number of hydrogen-bond donors (Lipinski definition) is 0. The smallest absolute Gasteiger partial charge is 0.229 e. The van der Waals surface area contributed by atoms with Crippen LogP contribution in [0.25, 0.3) is 0 Å². The van der Waals surface area contributed by atoms with Gasteiger partial charge in [0, 0.05) is 0 Å². The van der Waals surface area contributed by atoms with Gasteiger partial charge in [-0.15, -0.1) is 19.7 Å². The molecule has 0 bridgehead atoms. The van der Waals surface area contributed by atoms with Gasteiger partial charge in [-0.1, -0.05) is 37.9 Å². The molecule has 0 spiro atoms. The van der Waals surface area contributed by atoms with Crippen molar-refractivity contribution in [2.75, 3.05) is 0 Å². The van der Waals surface area contributed by atoms with Crippen molar-refractivity contribution in [2.45, 2.75) is 38.9 Å². The molecule has 0 fully saturated rings. The SMILES string of the molecule is C=C[Si](C=C)(CC)O[Si](C=C)(CC)CC. The monoisotopic (exact) mass is 240 g/mol. The Morgan fingerprint density at radius 1 is 0.867 bits per heavy atom. The predicted molar refractivity (Wildman–Crippen MR) is 74.6 cm³/mol. The van der Waals surface area contributed by atoms with Gasteiger partial charge in [-0.25, -0.2) is 0 Å². The minimum atomic E-state index is -1.90. The molecule has 1 nitrogen and oxygen atoms in total. The van der Waals surface area contributed by atoms with Crippen molar-refractivity contribution in [1.29, 1.82) is 0 Å². The molecule has 0 saturated heterocycles. The average molecular weight is 240 g/mol. The fourth-order valence-electron chi connectivity index (χ4n) is 1.63. The van der Waals surface area contributed by atoms with Crippen LogP contribution in [0.15, 0.2) is 36.8 Å². The van der Waals surface area contributed by atoms with Gasteiger partial charge in [-0.3, -0.25) is 0 Å². The lowest BCUT2D eigenvalue weighted by Crippen LogP contribution is -2.47. The van der Waals surface area contributed by atoms with E-state index in [2.05, 4.69) is 46.2 Å². The normalized spacial score (nSPS) is 12.2.